The van der Waals surface area contributed by atoms with Gasteiger partial charge in [-0.15, -0.1) is 0 Å². The highest BCUT2D eigenvalue weighted by Gasteiger charge is 2.37. The Balaban J connectivity index is 1.28. The number of hydrogen-bond donors (Lipinski definition) is 2. The van der Waals surface area contributed by atoms with Crippen LogP contribution in [0.15, 0.2) is 41.2 Å². The highest BCUT2D eigenvalue weighted by molar-refractivity contribution is 5.92. The first-order valence-corrected chi connectivity index (χ1v) is 12.3. The lowest BCUT2D eigenvalue weighted by atomic mass is 9.83. The van der Waals surface area contributed by atoms with Crippen LogP contribution in [0, 0.1) is 11.8 Å². The van der Waals surface area contributed by atoms with Crippen LogP contribution in [0.1, 0.15) is 50.1 Å². The van der Waals surface area contributed by atoms with Gasteiger partial charge in [0.05, 0.1) is 7.11 Å². The molecule has 2 N–H and O–H groups in total. The maximum absolute atomic E-state index is 13.2. The summed E-state index contributed by atoms with van der Waals surface area (Å²) in [5.74, 6) is 1.02. The van der Waals surface area contributed by atoms with Crippen LogP contribution < -0.4 is 20.9 Å². The van der Waals surface area contributed by atoms with Gasteiger partial charge in [0.15, 0.2) is 0 Å². The molecule has 5 rings (SSSR count). The first kappa shape index (κ1) is 22.5. The number of piperidine rings is 1. The van der Waals surface area contributed by atoms with Crippen LogP contribution >= 0.6 is 0 Å². The zero-order chi connectivity index (χ0) is 23.7. The number of fused-ring (bicyclic) bond motifs is 4. The molecule has 2 bridgehead atoms. The van der Waals surface area contributed by atoms with Crippen molar-refractivity contribution in [1.82, 2.24) is 9.47 Å². The summed E-state index contributed by atoms with van der Waals surface area (Å²) < 4.78 is 6.98. The standard InChI is InChI=1S/C26H32N4O4/c1-34-21-9-7-20(8-10-21)27-26(33)29-14-17-13-19(16-29)23-12-11-22(25(32)30(23)15-17)28-24(31)18-5-3-2-4-6-18/h7-12,17-19H,2-6,13-16H2,1H3,(H,27,33)(H,28,31)/t17-,19-/m1/s1. The molecular weight excluding hydrogens is 432 g/mol. The van der Waals surface area contributed by atoms with Gasteiger partial charge in [-0.05, 0) is 61.6 Å². The predicted molar refractivity (Wildman–Crippen MR) is 130 cm³/mol. The summed E-state index contributed by atoms with van der Waals surface area (Å²) in [6.07, 6.45) is 6.09. The van der Waals surface area contributed by atoms with Crippen molar-refractivity contribution in [1.29, 1.82) is 0 Å². The first-order valence-electron chi connectivity index (χ1n) is 12.3. The Morgan fingerprint density at radius 2 is 1.71 bits per heavy atom. The zero-order valence-corrected chi connectivity index (χ0v) is 19.6. The van der Waals surface area contributed by atoms with E-state index in [9.17, 15) is 14.4 Å². The molecule has 2 aliphatic heterocycles. The van der Waals surface area contributed by atoms with Gasteiger partial charge in [0.25, 0.3) is 5.56 Å². The molecule has 1 saturated heterocycles. The molecule has 1 aromatic carbocycles. The number of urea groups is 1. The minimum absolute atomic E-state index is 0.00587. The van der Waals surface area contributed by atoms with Crippen LogP contribution in [0.4, 0.5) is 16.2 Å². The van der Waals surface area contributed by atoms with E-state index in [1.807, 2.05) is 39.8 Å². The van der Waals surface area contributed by atoms with E-state index in [4.69, 9.17) is 4.74 Å². The van der Waals surface area contributed by atoms with Crippen LogP contribution in [-0.4, -0.2) is 41.6 Å². The highest BCUT2D eigenvalue weighted by Crippen LogP contribution is 2.36. The van der Waals surface area contributed by atoms with Crippen molar-refractivity contribution in [2.75, 3.05) is 30.8 Å². The van der Waals surface area contributed by atoms with E-state index in [0.29, 0.717) is 25.3 Å². The highest BCUT2D eigenvalue weighted by atomic mass is 16.5. The van der Waals surface area contributed by atoms with Gasteiger partial charge in [-0.2, -0.15) is 0 Å². The fourth-order valence-electron chi connectivity index (χ4n) is 5.68. The van der Waals surface area contributed by atoms with E-state index in [1.54, 1.807) is 13.2 Å². The summed E-state index contributed by atoms with van der Waals surface area (Å²) in [6.45, 7) is 1.72. The average Bonchev–Trinajstić information content (AvgIpc) is 2.87. The predicted octanol–water partition coefficient (Wildman–Crippen LogP) is 4.03. The number of pyridine rings is 1. The fourth-order valence-corrected chi connectivity index (χ4v) is 5.68. The van der Waals surface area contributed by atoms with Crippen molar-refractivity contribution in [3.05, 3.63) is 52.4 Å². The third-order valence-corrected chi connectivity index (χ3v) is 7.47. The van der Waals surface area contributed by atoms with E-state index in [2.05, 4.69) is 10.6 Å². The van der Waals surface area contributed by atoms with E-state index in [0.717, 1.165) is 49.2 Å². The number of aromatic nitrogens is 1. The number of carbonyl (C=O) groups excluding carboxylic acids is 2. The van der Waals surface area contributed by atoms with Gasteiger partial charge in [-0.3, -0.25) is 9.59 Å². The fraction of sp³-hybridized carbons (Fsp3) is 0.500. The average molecular weight is 465 g/mol. The summed E-state index contributed by atoms with van der Waals surface area (Å²) in [7, 11) is 1.61. The number of ether oxygens (including phenoxy) is 1. The molecule has 2 atom stereocenters. The van der Waals surface area contributed by atoms with Gasteiger partial charge in [-0.25, -0.2) is 4.79 Å². The van der Waals surface area contributed by atoms with Gasteiger partial charge in [0.2, 0.25) is 5.91 Å². The largest absolute Gasteiger partial charge is 0.497 e. The molecule has 34 heavy (non-hydrogen) atoms. The number of amides is 3. The Morgan fingerprint density at radius 1 is 0.941 bits per heavy atom. The van der Waals surface area contributed by atoms with E-state index in [1.165, 1.54) is 6.42 Å². The molecule has 8 heteroatoms. The van der Waals surface area contributed by atoms with Crippen LogP contribution in [0.3, 0.4) is 0 Å². The van der Waals surface area contributed by atoms with Crippen molar-refractivity contribution in [2.45, 2.75) is 51.0 Å². The minimum Gasteiger partial charge on any atom is -0.497 e. The van der Waals surface area contributed by atoms with Crippen LogP contribution in [0.25, 0.3) is 0 Å². The van der Waals surface area contributed by atoms with Gasteiger partial charge < -0.3 is 24.8 Å². The maximum atomic E-state index is 13.2. The Bertz CT molecular complexity index is 1120. The topological polar surface area (TPSA) is 92.7 Å². The Morgan fingerprint density at radius 3 is 2.44 bits per heavy atom. The monoisotopic (exact) mass is 464 g/mol. The van der Waals surface area contributed by atoms with Crippen LogP contribution in [0.2, 0.25) is 0 Å². The second-order valence-electron chi connectivity index (χ2n) is 9.77. The van der Waals surface area contributed by atoms with E-state index < -0.39 is 0 Å². The molecule has 0 unspecified atom stereocenters. The number of nitrogens with one attached hydrogen (secondary N) is 2. The molecule has 3 heterocycles. The third kappa shape index (κ3) is 4.54. The molecule has 3 aliphatic rings. The van der Waals surface area contributed by atoms with Gasteiger partial charge >= 0.3 is 6.03 Å². The first-order chi connectivity index (χ1) is 16.5. The summed E-state index contributed by atoms with van der Waals surface area (Å²) >= 11 is 0. The SMILES string of the molecule is COc1ccc(NC(=O)N2C[C@H]3C[C@H](C2)c2ccc(NC(=O)C4CCCCC4)c(=O)n2C3)cc1. The minimum atomic E-state index is -0.132. The summed E-state index contributed by atoms with van der Waals surface area (Å²) in [4.78, 5) is 40.7. The Hall–Kier alpha value is -3.29. The van der Waals surface area contributed by atoms with Crippen molar-refractivity contribution in [3.8, 4) is 5.75 Å². The number of rotatable bonds is 4. The Kier molecular flexibility index (Phi) is 6.30. The number of methoxy groups -OCH3 is 1. The summed E-state index contributed by atoms with van der Waals surface area (Å²) in [5.41, 5.74) is 1.90. The maximum Gasteiger partial charge on any atom is 0.321 e. The normalized spacial score (nSPS) is 22.0. The van der Waals surface area contributed by atoms with Crippen LogP contribution in [0.5, 0.6) is 5.75 Å². The lowest BCUT2D eigenvalue weighted by molar-refractivity contribution is -0.120. The molecule has 1 aromatic heterocycles. The molecule has 1 aliphatic carbocycles. The van der Waals surface area contributed by atoms with E-state index in [-0.39, 0.29) is 35.3 Å². The van der Waals surface area contributed by atoms with Crippen molar-refractivity contribution in [3.63, 3.8) is 0 Å². The molecule has 2 aromatic rings. The zero-order valence-electron chi connectivity index (χ0n) is 19.6. The number of benzene rings is 1. The second-order valence-corrected chi connectivity index (χ2v) is 9.77. The smallest absolute Gasteiger partial charge is 0.321 e. The second kappa shape index (κ2) is 9.52. The summed E-state index contributed by atoms with van der Waals surface area (Å²) in [6, 6.07) is 10.8. The molecule has 0 radical (unpaired) electrons. The molecule has 2 fully saturated rings. The third-order valence-electron chi connectivity index (χ3n) is 7.47. The summed E-state index contributed by atoms with van der Waals surface area (Å²) in [5, 5.41) is 5.87. The quantitative estimate of drug-likeness (QED) is 0.715. The van der Waals surface area contributed by atoms with Crippen LogP contribution in [-0.2, 0) is 11.3 Å². The Labute approximate surface area is 199 Å². The van der Waals surface area contributed by atoms with E-state index >= 15 is 0 Å². The molecular formula is C26H32N4O4. The molecule has 0 spiro atoms. The number of carbonyl (C=O) groups is 2. The van der Waals surface area contributed by atoms with Crippen molar-refractivity contribution in [2.24, 2.45) is 11.8 Å². The number of likely N-dealkylation sites (tertiary alicyclic amines) is 1. The molecule has 1 saturated carbocycles. The molecule has 3 amide bonds. The number of anilines is 2. The van der Waals surface area contributed by atoms with Gasteiger partial charge in [-0.1, -0.05) is 19.3 Å². The lowest BCUT2D eigenvalue weighted by Crippen LogP contribution is -2.50. The van der Waals surface area contributed by atoms with Crippen molar-refractivity contribution >= 4 is 23.3 Å². The lowest BCUT2D eigenvalue weighted by Gasteiger charge is -2.42. The molecule has 180 valence electrons. The molecule has 8 nitrogen and oxygen atoms in total. The van der Waals surface area contributed by atoms with Gasteiger partial charge in [0.1, 0.15) is 11.4 Å². The van der Waals surface area contributed by atoms with Gasteiger partial charge in [0, 0.05) is 42.9 Å². The number of nitrogens with zero attached hydrogens (tertiary/aromatic N) is 2. The van der Waals surface area contributed by atoms with Crippen molar-refractivity contribution < 1.29 is 14.3 Å². The number of hydrogen-bond acceptors (Lipinski definition) is 4.